The zero-order chi connectivity index (χ0) is 12.0. The summed E-state index contributed by atoms with van der Waals surface area (Å²) in [7, 11) is 3.60. The van der Waals surface area contributed by atoms with Crippen LogP contribution < -0.4 is 0 Å². The van der Waals surface area contributed by atoms with Crippen molar-refractivity contribution in [3.8, 4) is 0 Å². The first-order chi connectivity index (χ1) is 7.65. The molecule has 0 spiro atoms. The Morgan fingerprint density at radius 3 is 2.50 bits per heavy atom. The fraction of sp³-hybridized carbons (Fsp3) is 0.917. The lowest BCUT2D eigenvalue weighted by Crippen LogP contribution is -2.37. The van der Waals surface area contributed by atoms with E-state index in [2.05, 4.69) is 11.8 Å². The Kier molecular flexibility index (Phi) is 5.22. The first-order valence-corrected chi connectivity index (χ1v) is 6.02. The van der Waals surface area contributed by atoms with E-state index in [-0.39, 0.29) is 0 Å². The second-order valence-electron chi connectivity index (χ2n) is 4.89. The smallest absolute Gasteiger partial charge is 0.209 e. The van der Waals surface area contributed by atoms with Gasteiger partial charge in [-0.3, -0.25) is 4.79 Å². The van der Waals surface area contributed by atoms with Crippen molar-refractivity contribution < 1.29 is 9.53 Å². The van der Waals surface area contributed by atoms with E-state index in [4.69, 9.17) is 4.74 Å². The van der Waals surface area contributed by atoms with Crippen molar-refractivity contribution in [2.75, 3.05) is 46.9 Å². The van der Waals surface area contributed by atoms with Gasteiger partial charge in [0.1, 0.15) is 0 Å². The Bertz CT molecular complexity index is 217. The minimum absolute atomic E-state index is 0.407. The van der Waals surface area contributed by atoms with Gasteiger partial charge in [0.25, 0.3) is 0 Å². The third-order valence-electron chi connectivity index (χ3n) is 3.36. The number of nitrogens with zero attached hydrogens (tertiary/aromatic N) is 2. The van der Waals surface area contributed by atoms with Crippen molar-refractivity contribution in [1.82, 2.24) is 9.80 Å². The molecule has 1 saturated carbocycles. The van der Waals surface area contributed by atoms with Gasteiger partial charge in [-0.05, 0) is 19.4 Å². The Morgan fingerprint density at radius 2 is 2.06 bits per heavy atom. The van der Waals surface area contributed by atoms with Gasteiger partial charge < -0.3 is 14.5 Å². The zero-order valence-electron chi connectivity index (χ0n) is 10.7. The van der Waals surface area contributed by atoms with Gasteiger partial charge in [0.05, 0.1) is 6.61 Å². The third kappa shape index (κ3) is 4.10. The maximum atomic E-state index is 10.5. The number of hydrogen-bond donors (Lipinski definition) is 0. The van der Waals surface area contributed by atoms with Crippen LogP contribution in [-0.4, -0.2) is 63.2 Å². The minimum atomic E-state index is 0.407. The summed E-state index contributed by atoms with van der Waals surface area (Å²) in [6.45, 7) is 6.94. The number of methoxy groups -OCH3 is 1. The molecule has 4 nitrogen and oxygen atoms in total. The van der Waals surface area contributed by atoms with Gasteiger partial charge >= 0.3 is 0 Å². The minimum Gasteiger partial charge on any atom is -0.384 e. The molecule has 0 atom stereocenters. The van der Waals surface area contributed by atoms with Gasteiger partial charge in [-0.2, -0.15) is 0 Å². The van der Waals surface area contributed by atoms with E-state index < -0.39 is 0 Å². The van der Waals surface area contributed by atoms with Gasteiger partial charge in [-0.1, -0.05) is 6.92 Å². The number of carbonyl (C=O) groups excluding carboxylic acids is 1. The van der Waals surface area contributed by atoms with Crippen molar-refractivity contribution in [2.24, 2.45) is 5.41 Å². The fourth-order valence-corrected chi connectivity index (χ4v) is 2.01. The van der Waals surface area contributed by atoms with Crippen LogP contribution >= 0.6 is 0 Å². The maximum absolute atomic E-state index is 10.5. The van der Waals surface area contributed by atoms with E-state index >= 15 is 0 Å². The monoisotopic (exact) mass is 228 g/mol. The summed E-state index contributed by atoms with van der Waals surface area (Å²) in [6, 6.07) is 0. The zero-order valence-corrected chi connectivity index (χ0v) is 10.7. The molecule has 0 aliphatic heterocycles. The predicted molar refractivity (Wildman–Crippen MR) is 64.4 cm³/mol. The highest BCUT2D eigenvalue weighted by molar-refractivity contribution is 5.46. The highest BCUT2D eigenvalue weighted by atomic mass is 16.5. The standard InChI is InChI=1S/C12H24N2O2/c1-4-14(8-7-13(2)11-15)9-12(5-6-12)10-16-3/h11H,4-10H2,1-3H3. The Labute approximate surface area is 98.5 Å². The van der Waals surface area contributed by atoms with Gasteiger partial charge in [0.2, 0.25) is 6.41 Å². The van der Waals surface area contributed by atoms with Crippen molar-refractivity contribution in [1.29, 1.82) is 0 Å². The molecule has 0 bridgehead atoms. The van der Waals surface area contributed by atoms with Gasteiger partial charge in [0, 0.05) is 39.2 Å². The SMILES string of the molecule is CCN(CCN(C)C=O)CC1(COC)CC1. The van der Waals surface area contributed by atoms with Gasteiger partial charge in [-0.25, -0.2) is 0 Å². The van der Waals surface area contributed by atoms with Crippen LogP contribution in [0.5, 0.6) is 0 Å². The fourth-order valence-electron chi connectivity index (χ4n) is 2.01. The van der Waals surface area contributed by atoms with E-state index in [0.29, 0.717) is 5.41 Å². The molecule has 1 aliphatic carbocycles. The lowest BCUT2D eigenvalue weighted by molar-refractivity contribution is -0.117. The largest absolute Gasteiger partial charge is 0.384 e. The summed E-state index contributed by atoms with van der Waals surface area (Å²) in [5.74, 6) is 0. The topological polar surface area (TPSA) is 32.8 Å². The second-order valence-corrected chi connectivity index (χ2v) is 4.89. The highest BCUT2D eigenvalue weighted by Gasteiger charge is 2.43. The molecule has 0 N–H and O–H groups in total. The van der Waals surface area contributed by atoms with Crippen LogP contribution in [0.2, 0.25) is 0 Å². The highest BCUT2D eigenvalue weighted by Crippen LogP contribution is 2.46. The molecule has 4 heteroatoms. The molecule has 0 aromatic heterocycles. The summed E-state index contributed by atoms with van der Waals surface area (Å²) in [5.41, 5.74) is 0.407. The predicted octanol–water partition coefficient (Wildman–Crippen LogP) is 0.823. The summed E-state index contributed by atoms with van der Waals surface area (Å²) < 4.78 is 5.27. The Balaban J connectivity index is 2.28. The van der Waals surface area contributed by atoms with Crippen molar-refractivity contribution in [3.05, 3.63) is 0 Å². The normalized spacial score (nSPS) is 17.5. The molecule has 0 unspecified atom stereocenters. The number of amides is 1. The molecular formula is C12H24N2O2. The van der Waals surface area contributed by atoms with Crippen LogP contribution in [0.3, 0.4) is 0 Å². The van der Waals surface area contributed by atoms with Crippen molar-refractivity contribution in [2.45, 2.75) is 19.8 Å². The summed E-state index contributed by atoms with van der Waals surface area (Å²) >= 11 is 0. The van der Waals surface area contributed by atoms with Gasteiger partial charge in [0.15, 0.2) is 0 Å². The lowest BCUT2D eigenvalue weighted by atomic mass is 10.1. The molecule has 0 radical (unpaired) electrons. The van der Waals surface area contributed by atoms with E-state index in [0.717, 1.165) is 39.2 Å². The van der Waals surface area contributed by atoms with E-state index in [9.17, 15) is 4.79 Å². The number of likely N-dealkylation sites (N-methyl/N-ethyl adjacent to an activating group) is 2. The molecule has 1 fully saturated rings. The van der Waals surface area contributed by atoms with E-state index in [1.54, 1.807) is 12.0 Å². The van der Waals surface area contributed by atoms with Crippen molar-refractivity contribution in [3.63, 3.8) is 0 Å². The van der Waals surface area contributed by atoms with Crippen LogP contribution in [0.1, 0.15) is 19.8 Å². The van der Waals surface area contributed by atoms with Crippen LogP contribution in [0.25, 0.3) is 0 Å². The average Bonchev–Trinajstić information content (AvgIpc) is 3.04. The number of rotatable bonds is 9. The van der Waals surface area contributed by atoms with Gasteiger partial charge in [-0.15, -0.1) is 0 Å². The molecule has 0 aromatic rings. The summed E-state index contributed by atoms with van der Waals surface area (Å²) in [6.07, 6.45) is 3.44. The van der Waals surface area contributed by atoms with Crippen molar-refractivity contribution >= 4 is 6.41 Å². The number of carbonyl (C=O) groups is 1. The first kappa shape index (κ1) is 13.5. The van der Waals surface area contributed by atoms with E-state index in [1.165, 1.54) is 12.8 Å². The van der Waals surface area contributed by atoms with Crippen LogP contribution in [0, 0.1) is 5.41 Å². The molecular weight excluding hydrogens is 204 g/mol. The summed E-state index contributed by atoms with van der Waals surface area (Å²) in [4.78, 5) is 14.6. The molecule has 16 heavy (non-hydrogen) atoms. The maximum Gasteiger partial charge on any atom is 0.209 e. The molecule has 94 valence electrons. The first-order valence-electron chi connectivity index (χ1n) is 6.02. The molecule has 0 saturated heterocycles. The average molecular weight is 228 g/mol. The van der Waals surface area contributed by atoms with Crippen LogP contribution in [0.4, 0.5) is 0 Å². The molecule has 1 rings (SSSR count). The van der Waals surface area contributed by atoms with Crippen LogP contribution in [-0.2, 0) is 9.53 Å². The lowest BCUT2D eigenvalue weighted by Gasteiger charge is -2.27. The second kappa shape index (κ2) is 6.21. The molecule has 0 heterocycles. The van der Waals surface area contributed by atoms with E-state index in [1.807, 2.05) is 7.05 Å². The molecule has 0 aromatic carbocycles. The number of hydrogen-bond acceptors (Lipinski definition) is 3. The Hall–Kier alpha value is -0.610. The number of ether oxygens (including phenoxy) is 1. The molecule has 1 aliphatic rings. The summed E-state index contributed by atoms with van der Waals surface area (Å²) in [5, 5.41) is 0. The molecule has 1 amide bonds. The third-order valence-corrected chi connectivity index (χ3v) is 3.36. The quantitative estimate of drug-likeness (QED) is 0.548. The van der Waals surface area contributed by atoms with Crippen LogP contribution in [0.15, 0.2) is 0 Å². The Morgan fingerprint density at radius 1 is 1.38 bits per heavy atom.